The molecule has 25 heavy (non-hydrogen) atoms. The molecule has 0 fully saturated rings. The molecule has 0 aromatic heterocycles. The van der Waals surface area contributed by atoms with E-state index in [1.165, 1.54) is 0 Å². The van der Waals surface area contributed by atoms with Crippen molar-refractivity contribution in [3.05, 3.63) is 0 Å². The van der Waals surface area contributed by atoms with Gasteiger partial charge in [-0.05, 0) is 0 Å². The first-order chi connectivity index (χ1) is 11.8. The molecule has 0 heterocycles. The fourth-order valence-corrected chi connectivity index (χ4v) is 1.81. The van der Waals surface area contributed by atoms with Gasteiger partial charge in [-0.25, -0.2) is 0 Å². The summed E-state index contributed by atoms with van der Waals surface area (Å²) in [5, 5.41) is 10.3. The highest BCUT2D eigenvalue weighted by molar-refractivity contribution is 5.80. The fraction of sp³-hybridized carbons (Fsp3) is 0.692. The molecule has 0 rings (SSSR count). The fourth-order valence-electron chi connectivity index (χ4n) is 1.81. The van der Waals surface area contributed by atoms with Crippen molar-refractivity contribution >= 4 is 23.6 Å². The van der Waals surface area contributed by atoms with Crippen molar-refractivity contribution in [1.82, 2.24) is 21.3 Å². The number of rotatable bonds is 12. The number of nitrogens with one attached hydrogen (secondary N) is 4. The Morgan fingerprint density at radius 3 is 0.880 bits per heavy atom. The Labute approximate surface area is 145 Å². The molecule has 0 aromatic carbocycles. The lowest BCUT2D eigenvalue weighted by Crippen LogP contribution is -2.58. The summed E-state index contributed by atoms with van der Waals surface area (Å²) in [7, 11) is 0. The SMILES string of the molecule is NCC(=O)NCC(CNC(=O)CN)(CNC(=O)CN)CNC(=O)CN. The van der Waals surface area contributed by atoms with Crippen molar-refractivity contribution in [3.63, 3.8) is 0 Å². The van der Waals surface area contributed by atoms with Gasteiger partial charge in [-0.3, -0.25) is 19.2 Å². The summed E-state index contributed by atoms with van der Waals surface area (Å²) in [5.74, 6) is -1.70. The lowest BCUT2D eigenvalue weighted by atomic mass is 9.86. The maximum Gasteiger partial charge on any atom is 0.233 e. The highest BCUT2D eigenvalue weighted by Gasteiger charge is 2.32. The summed E-state index contributed by atoms with van der Waals surface area (Å²) in [6.07, 6.45) is 0. The van der Waals surface area contributed by atoms with Crippen LogP contribution in [-0.2, 0) is 19.2 Å². The van der Waals surface area contributed by atoms with Gasteiger partial charge in [0.25, 0.3) is 0 Å². The van der Waals surface area contributed by atoms with Gasteiger partial charge in [0.15, 0.2) is 0 Å². The van der Waals surface area contributed by atoms with Gasteiger partial charge in [0, 0.05) is 31.6 Å². The molecule has 0 aliphatic heterocycles. The number of hydrogen-bond acceptors (Lipinski definition) is 8. The van der Waals surface area contributed by atoms with Gasteiger partial charge >= 0.3 is 0 Å². The minimum Gasteiger partial charge on any atom is -0.354 e. The molecule has 0 saturated carbocycles. The summed E-state index contributed by atoms with van der Waals surface area (Å²) >= 11 is 0. The van der Waals surface area contributed by atoms with E-state index in [4.69, 9.17) is 22.9 Å². The van der Waals surface area contributed by atoms with Crippen LogP contribution < -0.4 is 44.2 Å². The number of carbonyl (C=O) groups excluding carboxylic acids is 4. The van der Waals surface area contributed by atoms with E-state index in [0.717, 1.165) is 0 Å². The average molecular weight is 360 g/mol. The van der Waals surface area contributed by atoms with Crippen LogP contribution >= 0.6 is 0 Å². The van der Waals surface area contributed by atoms with Crippen LogP contribution in [0, 0.1) is 5.41 Å². The lowest BCUT2D eigenvalue weighted by molar-refractivity contribution is -0.120. The first-order valence-electron chi connectivity index (χ1n) is 7.69. The molecule has 0 aliphatic carbocycles. The molecule has 0 atom stereocenters. The van der Waals surface area contributed by atoms with Crippen molar-refractivity contribution in [2.45, 2.75) is 0 Å². The van der Waals surface area contributed by atoms with E-state index in [9.17, 15) is 19.2 Å². The van der Waals surface area contributed by atoms with E-state index in [1.807, 2.05) is 0 Å². The average Bonchev–Trinajstić information content (AvgIpc) is 2.65. The van der Waals surface area contributed by atoms with Crippen molar-refractivity contribution < 1.29 is 19.2 Å². The third kappa shape index (κ3) is 9.56. The predicted molar refractivity (Wildman–Crippen MR) is 90.7 cm³/mol. The van der Waals surface area contributed by atoms with Crippen LogP contribution in [0.3, 0.4) is 0 Å². The normalized spacial score (nSPS) is 10.7. The molecule has 144 valence electrons. The zero-order chi connectivity index (χ0) is 19.3. The number of hydrogen-bond donors (Lipinski definition) is 8. The van der Waals surface area contributed by atoms with Gasteiger partial charge in [-0.15, -0.1) is 0 Å². The second-order valence-corrected chi connectivity index (χ2v) is 5.42. The number of nitrogens with two attached hydrogens (primary N) is 4. The topological polar surface area (TPSA) is 220 Å². The third-order valence-electron chi connectivity index (χ3n) is 3.38. The molecule has 0 unspecified atom stereocenters. The Kier molecular flexibility index (Phi) is 11.0. The Morgan fingerprint density at radius 2 is 0.720 bits per heavy atom. The summed E-state index contributed by atoms with van der Waals surface area (Å²) in [6, 6.07) is 0. The van der Waals surface area contributed by atoms with Crippen molar-refractivity contribution in [2.24, 2.45) is 28.3 Å². The summed E-state index contributed by atoms with van der Waals surface area (Å²) in [5.41, 5.74) is 20.1. The second kappa shape index (κ2) is 12.1. The van der Waals surface area contributed by atoms with Gasteiger partial charge in [0.05, 0.1) is 26.2 Å². The van der Waals surface area contributed by atoms with E-state index < -0.39 is 29.0 Å². The first-order valence-corrected chi connectivity index (χ1v) is 7.69. The molecule has 0 aliphatic rings. The maximum absolute atomic E-state index is 11.5. The standard InChI is InChI=1S/C13H28N8O4/c14-1-9(22)18-5-13(6-19-10(23)2-15,7-20-11(24)3-16)8-21-12(25)4-17/h1-8,14-17H2,(H,18,22)(H,19,23)(H,20,24)(H,21,25). The number of carbonyl (C=O) groups is 4. The Morgan fingerprint density at radius 1 is 0.520 bits per heavy atom. The van der Waals surface area contributed by atoms with Crippen molar-refractivity contribution in [1.29, 1.82) is 0 Å². The highest BCUT2D eigenvalue weighted by atomic mass is 16.2. The highest BCUT2D eigenvalue weighted by Crippen LogP contribution is 2.13. The van der Waals surface area contributed by atoms with E-state index in [-0.39, 0.29) is 52.4 Å². The number of amides is 4. The van der Waals surface area contributed by atoms with Gasteiger partial charge < -0.3 is 44.2 Å². The van der Waals surface area contributed by atoms with Crippen molar-refractivity contribution in [2.75, 3.05) is 52.4 Å². The van der Waals surface area contributed by atoms with Crippen molar-refractivity contribution in [3.8, 4) is 0 Å². The summed E-state index contributed by atoms with van der Waals surface area (Å²) < 4.78 is 0. The summed E-state index contributed by atoms with van der Waals surface area (Å²) in [6.45, 7) is -0.781. The molecule has 0 bridgehead atoms. The van der Waals surface area contributed by atoms with E-state index in [0.29, 0.717) is 0 Å². The molecule has 0 aromatic rings. The van der Waals surface area contributed by atoms with E-state index >= 15 is 0 Å². The molecule has 4 amide bonds. The molecule has 0 spiro atoms. The maximum atomic E-state index is 11.5. The van der Waals surface area contributed by atoms with Gasteiger partial charge in [-0.1, -0.05) is 0 Å². The van der Waals surface area contributed by atoms with Crippen LogP contribution in [0.4, 0.5) is 0 Å². The molecule has 12 N–H and O–H groups in total. The lowest BCUT2D eigenvalue weighted by Gasteiger charge is -2.34. The van der Waals surface area contributed by atoms with Crippen LogP contribution in [0.1, 0.15) is 0 Å². The van der Waals surface area contributed by atoms with E-state index in [1.54, 1.807) is 0 Å². The Balaban J connectivity index is 5.24. The van der Waals surface area contributed by atoms with E-state index in [2.05, 4.69) is 21.3 Å². The molecule has 12 heteroatoms. The second-order valence-electron chi connectivity index (χ2n) is 5.42. The van der Waals surface area contributed by atoms with Gasteiger partial charge in [0.1, 0.15) is 0 Å². The Bertz CT molecular complexity index is 385. The quantitative estimate of drug-likeness (QED) is 0.167. The zero-order valence-corrected chi connectivity index (χ0v) is 14.1. The molecule has 0 radical (unpaired) electrons. The van der Waals surface area contributed by atoms with Crippen LogP contribution in [0.2, 0.25) is 0 Å². The van der Waals surface area contributed by atoms with Crippen LogP contribution in [0.25, 0.3) is 0 Å². The summed E-state index contributed by atoms with van der Waals surface area (Å²) in [4.78, 5) is 45.9. The van der Waals surface area contributed by atoms with Gasteiger partial charge in [-0.2, -0.15) is 0 Å². The zero-order valence-electron chi connectivity index (χ0n) is 14.1. The first kappa shape index (κ1) is 22.7. The minimum atomic E-state index is -0.925. The molecule has 12 nitrogen and oxygen atoms in total. The molecule has 0 saturated heterocycles. The molecular formula is C13H28N8O4. The van der Waals surface area contributed by atoms with Crippen LogP contribution in [-0.4, -0.2) is 76.0 Å². The monoisotopic (exact) mass is 360 g/mol. The van der Waals surface area contributed by atoms with Gasteiger partial charge in [0.2, 0.25) is 23.6 Å². The Hall–Kier alpha value is -2.28. The molecular weight excluding hydrogens is 332 g/mol. The largest absolute Gasteiger partial charge is 0.354 e. The third-order valence-corrected chi connectivity index (χ3v) is 3.38. The minimum absolute atomic E-state index is 0.0313. The van der Waals surface area contributed by atoms with Crippen LogP contribution in [0.15, 0.2) is 0 Å². The van der Waals surface area contributed by atoms with Crippen LogP contribution in [0.5, 0.6) is 0 Å². The smallest absolute Gasteiger partial charge is 0.233 e. The predicted octanol–water partition coefficient (Wildman–Crippen LogP) is -5.73.